The minimum atomic E-state index is -0.462. The molecule has 0 aliphatic carbocycles. The van der Waals surface area contributed by atoms with Crippen molar-refractivity contribution in [3.05, 3.63) is 40.0 Å². The van der Waals surface area contributed by atoms with Crippen LogP contribution >= 0.6 is 11.3 Å². The summed E-state index contributed by atoms with van der Waals surface area (Å²) < 4.78 is 0. The third-order valence-electron chi connectivity index (χ3n) is 3.30. The van der Waals surface area contributed by atoms with Gasteiger partial charge in [-0.05, 0) is 31.4 Å². The molecule has 2 amide bonds. The molecular formula is C13H14N4OS. The predicted octanol–water partition coefficient (Wildman–Crippen LogP) is 2.42. The Morgan fingerprint density at radius 3 is 3.05 bits per heavy atom. The molecule has 3 rings (SSSR count). The van der Waals surface area contributed by atoms with E-state index in [2.05, 4.69) is 9.97 Å². The fourth-order valence-electron chi connectivity index (χ4n) is 2.47. The van der Waals surface area contributed by atoms with Gasteiger partial charge in [0, 0.05) is 17.3 Å². The van der Waals surface area contributed by atoms with E-state index in [0.717, 1.165) is 28.3 Å². The number of carbonyl (C=O) groups excluding carboxylic acids is 1. The highest BCUT2D eigenvalue weighted by Crippen LogP contribution is 2.38. The van der Waals surface area contributed by atoms with Crippen LogP contribution in [0.15, 0.2) is 24.5 Å². The van der Waals surface area contributed by atoms with Crippen LogP contribution in [0.3, 0.4) is 0 Å². The standard InChI is InChI=1S/C13H14N4OS/c1-8-16-7-11(19-8)10-5-4-9-3-2-6-15-12(9)17(10)13(14)18/h2-3,6-7,10H,4-5H2,1H3,(H2,14,18). The van der Waals surface area contributed by atoms with E-state index in [9.17, 15) is 4.79 Å². The number of pyridine rings is 1. The average Bonchev–Trinajstić information content (AvgIpc) is 2.83. The number of fused-ring (bicyclic) bond motifs is 1. The molecule has 0 radical (unpaired) electrons. The molecule has 2 aromatic rings. The van der Waals surface area contributed by atoms with E-state index in [0.29, 0.717) is 5.82 Å². The molecule has 0 spiro atoms. The normalized spacial score (nSPS) is 18.2. The summed E-state index contributed by atoms with van der Waals surface area (Å²) in [7, 11) is 0. The Labute approximate surface area is 115 Å². The largest absolute Gasteiger partial charge is 0.351 e. The van der Waals surface area contributed by atoms with E-state index < -0.39 is 6.03 Å². The minimum absolute atomic E-state index is 0.0499. The molecule has 19 heavy (non-hydrogen) atoms. The number of rotatable bonds is 1. The van der Waals surface area contributed by atoms with E-state index in [-0.39, 0.29) is 6.04 Å². The number of primary amides is 1. The number of nitrogens with two attached hydrogens (primary N) is 1. The molecule has 2 aromatic heterocycles. The summed E-state index contributed by atoms with van der Waals surface area (Å²) in [5, 5.41) is 0.992. The summed E-state index contributed by atoms with van der Waals surface area (Å²) in [5.74, 6) is 0.678. The second kappa shape index (κ2) is 4.62. The maximum atomic E-state index is 11.8. The fourth-order valence-corrected chi connectivity index (χ4v) is 3.38. The number of carbonyl (C=O) groups is 1. The van der Waals surface area contributed by atoms with E-state index in [1.165, 1.54) is 0 Å². The quantitative estimate of drug-likeness (QED) is 0.868. The lowest BCUT2D eigenvalue weighted by Crippen LogP contribution is -2.42. The van der Waals surface area contributed by atoms with Crippen molar-refractivity contribution < 1.29 is 4.79 Å². The first kappa shape index (κ1) is 12.1. The molecule has 3 heterocycles. The lowest BCUT2D eigenvalue weighted by Gasteiger charge is -2.34. The Kier molecular flexibility index (Phi) is 2.94. The van der Waals surface area contributed by atoms with E-state index in [4.69, 9.17) is 5.73 Å². The first-order chi connectivity index (χ1) is 9.16. The lowest BCUT2D eigenvalue weighted by molar-refractivity contribution is 0.250. The monoisotopic (exact) mass is 274 g/mol. The second-order valence-corrected chi connectivity index (χ2v) is 5.80. The molecular weight excluding hydrogens is 260 g/mol. The summed E-state index contributed by atoms with van der Waals surface area (Å²) >= 11 is 1.60. The molecule has 1 unspecified atom stereocenters. The number of thiazole rings is 1. The molecule has 0 saturated carbocycles. The van der Waals surface area contributed by atoms with Crippen LogP contribution in [0.5, 0.6) is 0 Å². The molecule has 1 aliphatic rings. The molecule has 0 fully saturated rings. The molecule has 98 valence electrons. The third-order valence-corrected chi connectivity index (χ3v) is 4.31. The lowest BCUT2D eigenvalue weighted by atomic mass is 9.98. The summed E-state index contributed by atoms with van der Waals surface area (Å²) in [5.41, 5.74) is 6.62. The SMILES string of the molecule is Cc1ncc(C2CCc3cccnc3N2C(N)=O)s1. The third kappa shape index (κ3) is 2.08. The summed E-state index contributed by atoms with van der Waals surface area (Å²) in [4.78, 5) is 23.0. The van der Waals surface area contributed by atoms with Gasteiger partial charge in [0.2, 0.25) is 0 Å². The van der Waals surface area contributed by atoms with Gasteiger partial charge in [-0.25, -0.2) is 14.8 Å². The number of amides is 2. The van der Waals surface area contributed by atoms with Gasteiger partial charge in [-0.2, -0.15) is 0 Å². The van der Waals surface area contributed by atoms with Gasteiger partial charge in [0.25, 0.3) is 0 Å². The molecule has 0 aromatic carbocycles. The average molecular weight is 274 g/mol. The first-order valence-corrected chi connectivity index (χ1v) is 6.93. The van der Waals surface area contributed by atoms with Crippen LogP contribution in [-0.2, 0) is 6.42 Å². The van der Waals surface area contributed by atoms with Gasteiger partial charge in [-0.3, -0.25) is 4.90 Å². The summed E-state index contributed by atoms with van der Waals surface area (Å²) in [6.45, 7) is 1.96. The van der Waals surface area contributed by atoms with E-state index in [1.807, 2.05) is 25.3 Å². The van der Waals surface area contributed by atoms with Gasteiger partial charge in [0.1, 0.15) is 5.82 Å². The number of urea groups is 1. The number of aryl methyl sites for hydroxylation is 2. The maximum absolute atomic E-state index is 11.8. The fraction of sp³-hybridized carbons (Fsp3) is 0.308. The van der Waals surface area contributed by atoms with Crippen molar-refractivity contribution in [2.45, 2.75) is 25.8 Å². The highest BCUT2D eigenvalue weighted by Gasteiger charge is 2.32. The van der Waals surface area contributed by atoms with Crippen LogP contribution in [0, 0.1) is 6.92 Å². The van der Waals surface area contributed by atoms with Crippen molar-refractivity contribution in [3.8, 4) is 0 Å². The zero-order chi connectivity index (χ0) is 13.4. The topological polar surface area (TPSA) is 72.1 Å². The van der Waals surface area contributed by atoms with Gasteiger partial charge in [-0.1, -0.05) is 6.07 Å². The molecule has 1 aliphatic heterocycles. The molecule has 1 atom stereocenters. The first-order valence-electron chi connectivity index (χ1n) is 6.11. The van der Waals surface area contributed by atoms with Crippen molar-refractivity contribution in [1.29, 1.82) is 0 Å². The van der Waals surface area contributed by atoms with Crippen molar-refractivity contribution in [2.24, 2.45) is 5.73 Å². The highest BCUT2D eigenvalue weighted by atomic mass is 32.1. The Bertz CT molecular complexity index is 625. The Hall–Kier alpha value is -1.95. The zero-order valence-corrected chi connectivity index (χ0v) is 11.4. The van der Waals surface area contributed by atoms with E-state index in [1.54, 1.807) is 22.4 Å². The van der Waals surface area contributed by atoms with E-state index >= 15 is 0 Å². The summed E-state index contributed by atoms with van der Waals surface area (Å²) in [6, 6.07) is 3.36. The molecule has 2 N–H and O–H groups in total. The number of anilines is 1. The smallest absolute Gasteiger partial charge is 0.321 e. The molecule has 5 nitrogen and oxygen atoms in total. The minimum Gasteiger partial charge on any atom is -0.351 e. The second-order valence-electron chi connectivity index (χ2n) is 4.53. The van der Waals surface area contributed by atoms with Gasteiger partial charge in [0.15, 0.2) is 0 Å². The predicted molar refractivity (Wildman–Crippen MR) is 74.2 cm³/mol. The molecule has 0 saturated heterocycles. The van der Waals surface area contributed by atoms with Gasteiger partial charge in [-0.15, -0.1) is 11.3 Å². The van der Waals surface area contributed by atoms with Gasteiger partial charge >= 0.3 is 6.03 Å². The summed E-state index contributed by atoms with van der Waals surface area (Å²) in [6.07, 6.45) is 5.27. The number of hydrogen-bond donors (Lipinski definition) is 1. The number of hydrogen-bond acceptors (Lipinski definition) is 4. The Balaban J connectivity index is 2.06. The Morgan fingerprint density at radius 1 is 1.53 bits per heavy atom. The van der Waals surface area contributed by atoms with Crippen molar-refractivity contribution >= 4 is 23.2 Å². The van der Waals surface area contributed by atoms with Crippen LogP contribution in [0.25, 0.3) is 0 Å². The molecule has 6 heteroatoms. The zero-order valence-electron chi connectivity index (χ0n) is 10.5. The van der Waals surface area contributed by atoms with Crippen LogP contribution in [0.2, 0.25) is 0 Å². The van der Waals surface area contributed by atoms with Crippen LogP contribution in [0.1, 0.15) is 27.9 Å². The number of nitrogens with zero attached hydrogens (tertiary/aromatic N) is 3. The number of aromatic nitrogens is 2. The van der Waals surface area contributed by atoms with Gasteiger partial charge < -0.3 is 5.73 Å². The maximum Gasteiger partial charge on any atom is 0.321 e. The van der Waals surface area contributed by atoms with Crippen molar-refractivity contribution in [1.82, 2.24) is 9.97 Å². The van der Waals surface area contributed by atoms with Gasteiger partial charge in [0.05, 0.1) is 11.0 Å². The van der Waals surface area contributed by atoms with Crippen LogP contribution in [-0.4, -0.2) is 16.0 Å². The highest BCUT2D eigenvalue weighted by molar-refractivity contribution is 7.11. The van der Waals surface area contributed by atoms with Crippen LogP contribution in [0.4, 0.5) is 10.6 Å². The Morgan fingerprint density at radius 2 is 2.37 bits per heavy atom. The van der Waals surface area contributed by atoms with Crippen LogP contribution < -0.4 is 10.6 Å². The molecule has 0 bridgehead atoms. The van der Waals surface area contributed by atoms with Crippen molar-refractivity contribution in [2.75, 3.05) is 4.90 Å². The van der Waals surface area contributed by atoms with Crippen molar-refractivity contribution in [3.63, 3.8) is 0 Å².